The van der Waals surface area contributed by atoms with E-state index in [1.54, 1.807) is 0 Å². The number of ether oxygens (including phenoxy) is 1. The Morgan fingerprint density at radius 3 is 2.53 bits per heavy atom. The maximum Gasteiger partial charge on any atom is 0.323 e. The van der Waals surface area contributed by atoms with Crippen LogP contribution < -0.4 is 5.73 Å². The second-order valence-electron chi connectivity index (χ2n) is 5.16. The number of halogens is 1. The minimum atomic E-state index is -0.462. The van der Waals surface area contributed by atoms with E-state index in [1.165, 1.54) is 19.3 Å². The fourth-order valence-electron chi connectivity index (χ4n) is 2.52. The van der Waals surface area contributed by atoms with Gasteiger partial charge >= 0.3 is 5.97 Å². The summed E-state index contributed by atoms with van der Waals surface area (Å²) >= 11 is 3.37. The van der Waals surface area contributed by atoms with Gasteiger partial charge in [-0.1, -0.05) is 47.3 Å². The lowest BCUT2D eigenvalue weighted by molar-refractivity contribution is -0.148. The Kier molecular flexibility index (Phi) is 5.40. The van der Waals surface area contributed by atoms with Crippen LogP contribution in [0.25, 0.3) is 0 Å². The predicted octanol–water partition coefficient (Wildman–Crippen LogP) is 3.40. The van der Waals surface area contributed by atoms with Gasteiger partial charge in [0.05, 0.1) is 0 Å². The average Bonchev–Trinajstić information content (AvgIpc) is 2.46. The van der Waals surface area contributed by atoms with Gasteiger partial charge in [0, 0.05) is 4.47 Å². The maximum absolute atomic E-state index is 11.9. The number of hydrogen-bond acceptors (Lipinski definition) is 3. The molecule has 104 valence electrons. The molecule has 1 aromatic rings. The van der Waals surface area contributed by atoms with Gasteiger partial charge in [0.1, 0.15) is 12.6 Å². The highest BCUT2D eigenvalue weighted by atomic mass is 79.9. The minimum absolute atomic E-state index is 0.269. The number of nitrogens with two attached hydrogens (primary N) is 1. The zero-order valence-electron chi connectivity index (χ0n) is 11.0. The largest absolute Gasteiger partial charge is 0.460 e. The van der Waals surface area contributed by atoms with Crippen molar-refractivity contribution in [2.75, 3.05) is 0 Å². The zero-order valence-corrected chi connectivity index (χ0v) is 12.6. The molecule has 1 saturated carbocycles. The molecule has 0 aliphatic heterocycles. The van der Waals surface area contributed by atoms with Crippen LogP contribution in [0.5, 0.6) is 0 Å². The van der Waals surface area contributed by atoms with Crippen molar-refractivity contribution >= 4 is 21.9 Å². The summed E-state index contributed by atoms with van der Waals surface area (Å²) in [6.07, 6.45) is 5.72. The number of esters is 1. The van der Waals surface area contributed by atoms with Crippen molar-refractivity contribution in [2.45, 2.75) is 44.8 Å². The van der Waals surface area contributed by atoms with Gasteiger partial charge in [-0.2, -0.15) is 0 Å². The van der Waals surface area contributed by atoms with E-state index in [1.807, 2.05) is 24.3 Å². The van der Waals surface area contributed by atoms with Gasteiger partial charge in [-0.25, -0.2) is 0 Å². The van der Waals surface area contributed by atoms with Crippen LogP contribution in [0.2, 0.25) is 0 Å². The van der Waals surface area contributed by atoms with E-state index in [-0.39, 0.29) is 5.97 Å². The standard InChI is InChI=1S/C15H20BrNO2/c16-13-8-6-11(7-9-13)10-19-15(18)14(17)12-4-2-1-3-5-12/h6-9,12,14H,1-5,10,17H2. The van der Waals surface area contributed by atoms with E-state index in [0.29, 0.717) is 12.5 Å². The number of carbonyl (C=O) groups is 1. The topological polar surface area (TPSA) is 52.3 Å². The summed E-state index contributed by atoms with van der Waals surface area (Å²) < 4.78 is 6.32. The van der Waals surface area contributed by atoms with Crippen molar-refractivity contribution in [3.05, 3.63) is 34.3 Å². The number of rotatable bonds is 4. The van der Waals surface area contributed by atoms with Gasteiger partial charge < -0.3 is 10.5 Å². The van der Waals surface area contributed by atoms with Crippen LogP contribution in [-0.2, 0) is 16.1 Å². The molecule has 0 heterocycles. The van der Waals surface area contributed by atoms with Gasteiger partial charge in [0.2, 0.25) is 0 Å². The van der Waals surface area contributed by atoms with Gasteiger partial charge in [0.15, 0.2) is 0 Å². The monoisotopic (exact) mass is 325 g/mol. The van der Waals surface area contributed by atoms with Crippen molar-refractivity contribution in [2.24, 2.45) is 11.7 Å². The first-order valence-corrected chi connectivity index (χ1v) is 7.63. The Bertz CT molecular complexity index is 413. The molecule has 0 amide bonds. The van der Waals surface area contributed by atoms with E-state index in [0.717, 1.165) is 22.9 Å². The molecule has 1 fully saturated rings. The molecule has 0 radical (unpaired) electrons. The van der Waals surface area contributed by atoms with E-state index in [2.05, 4.69) is 15.9 Å². The normalized spacial score (nSPS) is 18.0. The molecular formula is C15H20BrNO2. The van der Waals surface area contributed by atoms with Crippen LogP contribution in [0, 0.1) is 5.92 Å². The molecule has 1 atom stereocenters. The Morgan fingerprint density at radius 2 is 1.89 bits per heavy atom. The lowest BCUT2D eigenvalue weighted by Crippen LogP contribution is -2.40. The molecule has 3 nitrogen and oxygen atoms in total. The second kappa shape index (κ2) is 7.06. The van der Waals surface area contributed by atoms with Crippen molar-refractivity contribution in [1.82, 2.24) is 0 Å². The summed E-state index contributed by atoms with van der Waals surface area (Å²) in [5.74, 6) is 0.0287. The van der Waals surface area contributed by atoms with Gasteiger partial charge in [-0.15, -0.1) is 0 Å². The molecule has 2 rings (SSSR count). The Morgan fingerprint density at radius 1 is 1.26 bits per heavy atom. The van der Waals surface area contributed by atoms with Crippen LogP contribution in [0.3, 0.4) is 0 Å². The summed E-state index contributed by atoms with van der Waals surface area (Å²) in [4.78, 5) is 11.9. The van der Waals surface area contributed by atoms with Crippen LogP contribution >= 0.6 is 15.9 Å². The van der Waals surface area contributed by atoms with Crippen molar-refractivity contribution < 1.29 is 9.53 Å². The third kappa shape index (κ3) is 4.32. The van der Waals surface area contributed by atoms with Crippen molar-refractivity contribution in [1.29, 1.82) is 0 Å². The minimum Gasteiger partial charge on any atom is -0.460 e. The van der Waals surface area contributed by atoms with Crippen LogP contribution in [0.4, 0.5) is 0 Å². The lowest BCUT2D eigenvalue weighted by atomic mass is 9.84. The van der Waals surface area contributed by atoms with E-state index < -0.39 is 6.04 Å². The van der Waals surface area contributed by atoms with Crippen molar-refractivity contribution in [3.8, 4) is 0 Å². The quantitative estimate of drug-likeness (QED) is 0.863. The molecule has 2 N–H and O–H groups in total. The third-order valence-electron chi connectivity index (χ3n) is 3.72. The van der Waals surface area contributed by atoms with Gasteiger partial charge in [-0.3, -0.25) is 4.79 Å². The summed E-state index contributed by atoms with van der Waals surface area (Å²) in [6, 6.07) is 7.28. The highest BCUT2D eigenvalue weighted by Gasteiger charge is 2.27. The van der Waals surface area contributed by atoms with E-state index >= 15 is 0 Å². The molecular weight excluding hydrogens is 306 g/mol. The first-order chi connectivity index (χ1) is 9.16. The molecule has 0 spiro atoms. The molecule has 1 unspecified atom stereocenters. The Hall–Kier alpha value is -0.870. The summed E-state index contributed by atoms with van der Waals surface area (Å²) in [6.45, 7) is 0.298. The van der Waals surface area contributed by atoms with E-state index in [4.69, 9.17) is 10.5 Å². The fourth-order valence-corrected chi connectivity index (χ4v) is 2.78. The third-order valence-corrected chi connectivity index (χ3v) is 4.25. The smallest absolute Gasteiger partial charge is 0.323 e. The van der Waals surface area contributed by atoms with Crippen LogP contribution in [0.15, 0.2) is 28.7 Å². The van der Waals surface area contributed by atoms with Crippen LogP contribution in [0.1, 0.15) is 37.7 Å². The molecule has 19 heavy (non-hydrogen) atoms. The second-order valence-corrected chi connectivity index (χ2v) is 6.07. The highest BCUT2D eigenvalue weighted by molar-refractivity contribution is 9.10. The van der Waals surface area contributed by atoms with Crippen molar-refractivity contribution in [3.63, 3.8) is 0 Å². The summed E-state index contributed by atoms with van der Waals surface area (Å²) in [5.41, 5.74) is 6.98. The molecule has 1 aliphatic rings. The molecule has 0 aromatic heterocycles. The maximum atomic E-state index is 11.9. The Labute approximate surface area is 122 Å². The van der Waals surface area contributed by atoms with Crippen LogP contribution in [-0.4, -0.2) is 12.0 Å². The molecule has 1 aromatic carbocycles. The molecule has 1 aliphatic carbocycles. The number of carbonyl (C=O) groups excluding carboxylic acids is 1. The SMILES string of the molecule is NC(C(=O)OCc1ccc(Br)cc1)C1CCCCC1. The lowest BCUT2D eigenvalue weighted by Gasteiger charge is -2.25. The first kappa shape index (κ1) is 14.5. The Balaban J connectivity index is 1.81. The first-order valence-electron chi connectivity index (χ1n) is 6.83. The number of benzene rings is 1. The molecule has 0 saturated heterocycles. The van der Waals surface area contributed by atoms with E-state index in [9.17, 15) is 4.79 Å². The molecule has 4 heteroatoms. The summed E-state index contributed by atoms with van der Waals surface area (Å²) in [5, 5.41) is 0. The predicted molar refractivity (Wildman–Crippen MR) is 78.5 cm³/mol. The summed E-state index contributed by atoms with van der Waals surface area (Å²) in [7, 11) is 0. The fraction of sp³-hybridized carbons (Fsp3) is 0.533. The van der Waals surface area contributed by atoms with Gasteiger partial charge in [-0.05, 0) is 36.5 Å². The zero-order chi connectivity index (χ0) is 13.7. The average molecular weight is 326 g/mol. The highest BCUT2D eigenvalue weighted by Crippen LogP contribution is 2.26. The van der Waals surface area contributed by atoms with Gasteiger partial charge in [0.25, 0.3) is 0 Å². The number of hydrogen-bond donors (Lipinski definition) is 1. The molecule has 0 bridgehead atoms.